The van der Waals surface area contributed by atoms with Gasteiger partial charge < -0.3 is 10.4 Å². The first kappa shape index (κ1) is 21.4. The molecule has 0 aromatic heterocycles. The molecular weight excluding hydrogens is 432 g/mol. The van der Waals surface area contributed by atoms with E-state index in [4.69, 9.17) is 0 Å². The largest absolute Gasteiger partial charge is 0.506 e. The van der Waals surface area contributed by atoms with Crippen LogP contribution in [-0.2, 0) is 22.3 Å². The molecule has 0 aliphatic heterocycles. The molecular formula is C19H23BrN2O4S. The second-order valence-electron chi connectivity index (χ2n) is 6.67. The van der Waals surface area contributed by atoms with Crippen molar-refractivity contribution in [3.63, 3.8) is 0 Å². The standard InChI is InChI=1S/C19H23BrN2O4S/c1-12(2)22-27(25,26)11-15-6-4-14(5-7-15)10-21-19(24)16-8-13(3)9-17(20)18(16)23/h4-9,12,22-23H,10-11H2,1-3H3,(H,21,24). The van der Waals surface area contributed by atoms with Crippen molar-refractivity contribution in [3.8, 4) is 5.75 Å². The van der Waals surface area contributed by atoms with Crippen LogP contribution in [0.5, 0.6) is 5.75 Å². The average molecular weight is 455 g/mol. The molecule has 0 saturated heterocycles. The number of hydrogen-bond donors (Lipinski definition) is 3. The number of hydrogen-bond acceptors (Lipinski definition) is 4. The summed E-state index contributed by atoms with van der Waals surface area (Å²) >= 11 is 3.22. The smallest absolute Gasteiger partial charge is 0.255 e. The highest BCUT2D eigenvalue weighted by atomic mass is 79.9. The van der Waals surface area contributed by atoms with Gasteiger partial charge in [-0.3, -0.25) is 4.79 Å². The van der Waals surface area contributed by atoms with Crippen molar-refractivity contribution >= 4 is 31.9 Å². The maximum Gasteiger partial charge on any atom is 0.255 e. The van der Waals surface area contributed by atoms with Gasteiger partial charge in [-0.05, 0) is 65.5 Å². The Balaban J connectivity index is 2.00. The molecule has 2 rings (SSSR count). The molecule has 0 saturated carbocycles. The minimum absolute atomic E-state index is 0.0942. The molecule has 0 spiro atoms. The lowest BCUT2D eigenvalue weighted by Gasteiger charge is -2.11. The Labute approximate surface area is 168 Å². The molecule has 0 aliphatic carbocycles. The van der Waals surface area contributed by atoms with Gasteiger partial charge in [-0.1, -0.05) is 24.3 Å². The molecule has 2 aromatic rings. The van der Waals surface area contributed by atoms with Crippen molar-refractivity contribution in [3.05, 3.63) is 63.1 Å². The van der Waals surface area contributed by atoms with Gasteiger partial charge in [-0.25, -0.2) is 13.1 Å². The van der Waals surface area contributed by atoms with E-state index in [0.717, 1.165) is 11.1 Å². The highest BCUT2D eigenvalue weighted by Gasteiger charge is 2.15. The number of aryl methyl sites for hydroxylation is 1. The van der Waals surface area contributed by atoms with Gasteiger partial charge in [-0.2, -0.15) is 0 Å². The lowest BCUT2D eigenvalue weighted by atomic mass is 10.1. The molecule has 0 fully saturated rings. The SMILES string of the molecule is Cc1cc(Br)c(O)c(C(=O)NCc2ccc(CS(=O)(=O)NC(C)C)cc2)c1. The Kier molecular flexibility index (Phi) is 7.02. The topological polar surface area (TPSA) is 95.5 Å². The summed E-state index contributed by atoms with van der Waals surface area (Å²) in [6.07, 6.45) is 0. The fraction of sp³-hybridized carbons (Fsp3) is 0.316. The number of carbonyl (C=O) groups excluding carboxylic acids is 1. The number of phenolic OH excluding ortho intramolecular Hbond substituents is 1. The molecule has 0 unspecified atom stereocenters. The lowest BCUT2D eigenvalue weighted by molar-refractivity contribution is 0.0948. The zero-order chi connectivity index (χ0) is 20.2. The Morgan fingerprint density at radius 2 is 1.74 bits per heavy atom. The van der Waals surface area contributed by atoms with E-state index in [1.54, 1.807) is 50.2 Å². The van der Waals surface area contributed by atoms with E-state index in [2.05, 4.69) is 26.0 Å². The number of phenols is 1. The third-order valence-corrected chi connectivity index (χ3v) is 5.85. The maximum absolute atomic E-state index is 12.3. The van der Waals surface area contributed by atoms with Crippen molar-refractivity contribution in [2.45, 2.75) is 39.1 Å². The third-order valence-electron chi connectivity index (χ3n) is 3.70. The fourth-order valence-corrected chi connectivity index (χ4v) is 4.57. The number of amides is 1. The molecule has 0 heterocycles. The molecule has 0 atom stereocenters. The molecule has 146 valence electrons. The van der Waals surface area contributed by atoms with Gasteiger partial charge in [0.2, 0.25) is 10.0 Å². The van der Waals surface area contributed by atoms with E-state index in [0.29, 0.717) is 10.0 Å². The first-order valence-corrected chi connectivity index (χ1v) is 10.9. The molecule has 0 aliphatic rings. The molecule has 1 amide bonds. The Bertz CT molecular complexity index is 925. The molecule has 6 nitrogen and oxygen atoms in total. The van der Waals surface area contributed by atoms with Crippen LogP contribution in [0, 0.1) is 6.92 Å². The van der Waals surface area contributed by atoms with Crippen molar-refractivity contribution in [1.82, 2.24) is 10.0 Å². The van der Waals surface area contributed by atoms with E-state index in [1.165, 1.54) is 0 Å². The number of aromatic hydroxyl groups is 1. The number of sulfonamides is 1. The van der Waals surface area contributed by atoms with Gasteiger partial charge in [0.05, 0.1) is 15.8 Å². The summed E-state index contributed by atoms with van der Waals surface area (Å²) in [5.41, 5.74) is 2.54. The van der Waals surface area contributed by atoms with Gasteiger partial charge in [0.25, 0.3) is 5.91 Å². The highest BCUT2D eigenvalue weighted by molar-refractivity contribution is 9.10. The number of rotatable bonds is 7. The van der Waals surface area contributed by atoms with E-state index >= 15 is 0 Å². The zero-order valence-electron chi connectivity index (χ0n) is 15.4. The summed E-state index contributed by atoms with van der Waals surface area (Å²) in [7, 11) is -3.37. The highest BCUT2D eigenvalue weighted by Crippen LogP contribution is 2.29. The monoisotopic (exact) mass is 454 g/mol. The van der Waals surface area contributed by atoms with E-state index in [1.807, 2.05) is 6.92 Å². The number of halogens is 1. The minimum Gasteiger partial charge on any atom is -0.506 e. The Morgan fingerprint density at radius 3 is 2.33 bits per heavy atom. The van der Waals surface area contributed by atoms with Crippen LogP contribution in [0.15, 0.2) is 40.9 Å². The van der Waals surface area contributed by atoms with Crippen molar-refractivity contribution in [1.29, 1.82) is 0 Å². The van der Waals surface area contributed by atoms with Crippen LogP contribution in [0.3, 0.4) is 0 Å². The number of nitrogens with one attached hydrogen (secondary N) is 2. The summed E-state index contributed by atoms with van der Waals surface area (Å²) in [5.74, 6) is -0.579. The molecule has 8 heteroatoms. The van der Waals surface area contributed by atoms with Crippen LogP contribution in [0.4, 0.5) is 0 Å². The third kappa shape index (κ3) is 6.34. The number of benzene rings is 2. The molecule has 0 radical (unpaired) electrons. The van der Waals surface area contributed by atoms with Crippen LogP contribution < -0.4 is 10.0 Å². The summed E-state index contributed by atoms with van der Waals surface area (Å²) in [5, 5.41) is 12.8. The van der Waals surface area contributed by atoms with E-state index in [9.17, 15) is 18.3 Å². The molecule has 27 heavy (non-hydrogen) atoms. The van der Waals surface area contributed by atoms with Gasteiger partial charge in [0.1, 0.15) is 5.75 Å². The summed E-state index contributed by atoms with van der Waals surface area (Å²) in [4.78, 5) is 12.3. The van der Waals surface area contributed by atoms with Crippen molar-refractivity contribution in [2.24, 2.45) is 0 Å². The minimum atomic E-state index is -3.37. The Morgan fingerprint density at radius 1 is 1.15 bits per heavy atom. The first-order valence-electron chi connectivity index (χ1n) is 8.42. The summed E-state index contributed by atoms with van der Waals surface area (Å²) in [6, 6.07) is 10.2. The molecule has 2 aromatic carbocycles. The normalized spacial score (nSPS) is 11.6. The van der Waals surface area contributed by atoms with Crippen molar-refractivity contribution in [2.75, 3.05) is 0 Å². The summed E-state index contributed by atoms with van der Waals surface area (Å²) in [6.45, 7) is 5.64. The second kappa shape index (κ2) is 8.86. The van der Waals surface area contributed by atoms with Crippen LogP contribution in [0.25, 0.3) is 0 Å². The average Bonchev–Trinajstić information content (AvgIpc) is 2.55. The zero-order valence-corrected chi connectivity index (χ0v) is 17.8. The predicted octanol–water partition coefficient (Wildman–Crippen LogP) is 3.22. The van der Waals surface area contributed by atoms with Gasteiger partial charge in [0.15, 0.2) is 0 Å². The van der Waals surface area contributed by atoms with Crippen LogP contribution in [0.2, 0.25) is 0 Å². The van der Waals surface area contributed by atoms with E-state index < -0.39 is 10.0 Å². The van der Waals surface area contributed by atoms with Crippen molar-refractivity contribution < 1.29 is 18.3 Å². The van der Waals surface area contributed by atoms with Crippen LogP contribution in [0.1, 0.15) is 40.9 Å². The Hall–Kier alpha value is -1.90. The van der Waals surface area contributed by atoms with Crippen LogP contribution >= 0.6 is 15.9 Å². The second-order valence-corrected chi connectivity index (χ2v) is 9.28. The lowest BCUT2D eigenvalue weighted by Crippen LogP contribution is -2.31. The summed E-state index contributed by atoms with van der Waals surface area (Å²) < 4.78 is 26.9. The number of carbonyl (C=O) groups is 1. The van der Waals surface area contributed by atoms with Crippen LogP contribution in [-0.4, -0.2) is 25.5 Å². The quantitative estimate of drug-likeness (QED) is 0.598. The predicted molar refractivity (Wildman–Crippen MR) is 109 cm³/mol. The van der Waals surface area contributed by atoms with E-state index in [-0.39, 0.29) is 35.6 Å². The van der Waals surface area contributed by atoms with Gasteiger partial charge in [0, 0.05) is 12.6 Å². The first-order chi connectivity index (χ1) is 12.6. The fourth-order valence-electron chi connectivity index (χ4n) is 2.56. The molecule has 3 N–H and O–H groups in total. The maximum atomic E-state index is 12.3. The van der Waals surface area contributed by atoms with Gasteiger partial charge in [-0.15, -0.1) is 0 Å². The van der Waals surface area contributed by atoms with Gasteiger partial charge >= 0.3 is 0 Å². The molecule has 0 bridgehead atoms.